The molecule has 1 atom stereocenters. The van der Waals surface area contributed by atoms with Crippen molar-refractivity contribution in [2.75, 3.05) is 26.2 Å². The average Bonchev–Trinajstić information content (AvgIpc) is 2.78. The first-order valence-corrected chi connectivity index (χ1v) is 12.0. The van der Waals surface area contributed by atoms with Gasteiger partial charge in [0.2, 0.25) is 21.8 Å². The lowest BCUT2D eigenvalue weighted by Gasteiger charge is -2.34. The summed E-state index contributed by atoms with van der Waals surface area (Å²) in [6.07, 6.45) is 0.191. The highest BCUT2D eigenvalue weighted by Crippen LogP contribution is 2.20. The molecule has 2 amide bonds. The van der Waals surface area contributed by atoms with E-state index in [0.29, 0.717) is 18.1 Å². The lowest BCUT2D eigenvalue weighted by molar-refractivity contribution is -0.134. The number of carbonyl (C=O) groups excluding carboxylic acids is 2. The molecule has 1 saturated heterocycles. The predicted molar refractivity (Wildman–Crippen MR) is 119 cm³/mol. The molecule has 0 aliphatic carbocycles. The molecule has 1 N–H and O–H groups in total. The van der Waals surface area contributed by atoms with Crippen molar-refractivity contribution in [2.24, 2.45) is 0 Å². The summed E-state index contributed by atoms with van der Waals surface area (Å²) < 4.78 is 26.8. The number of hydrogen-bond donors (Lipinski definition) is 1. The fraction of sp³-hybridized carbons (Fsp3) is 0.364. The van der Waals surface area contributed by atoms with E-state index in [1.54, 1.807) is 4.90 Å². The first-order valence-electron chi connectivity index (χ1n) is 10.1. The summed E-state index contributed by atoms with van der Waals surface area (Å²) in [5.74, 6) is -0.334. The van der Waals surface area contributed by atoms with Crippen LogP contribution in [0.4, 0.5) is 0 Å². The second kappa shape index (κ2) is 10.3. The molecule has 2 aromatic rings. The number of amides is 2. The number of halogens is 1. The Bertz CT molecular complexity index is 1000. The Kier molecular flexibility index (Phi) is 7.69. The van der Waals surface area contributed by atoms with Crippen LogP contribution in [0, 0.1) is 0 Å². The maximum absolute atomic E-state index is 12.7. The molecule has 0 bridgehead atoms. The van der Waals surface area contributed by atoms with Gasteiger partial charge in [-0.2, -0.15) is 4.31 Å². The molecule has 0 unspecified atom stereocenters. The Labute approximate surface area is 188 Å². The summed E-state index contributed by atoms with van der Waals surface area (Å²) in [4.78, 5) is 26.5. The zero-order valence-corrected chi connectivity index (χ0v) is 18.9. The maximum Gasteiger partial charge on any atom is 0.243 e. The lowest BCUT2D eigenvalue weighted by atomic mass is 10.1. The summed E-state index contributed by atoms with van der Waals surface area (Å²) in [5.41, 5.74) is 1.00. The molecule has 9 heteroatoms. The number of carbonyl (C=O) groups is 2. The van der Waals surface area contributed by atoms with Gasteiger partial charge in [-0.1, -0.05) is 41.9 Å². The number of nitrogens with one attached hydrogen (secondary N) is 1. The van der Waals surface area contributed by atoms with Gasteiger partial charge in [-0.05, 0) is 36.8 Å². The van der Waals surface area contributed by atoms with Gasteiger partial charge in [0, 0.05) is 44.0 Å². The van der Waals surface area contributed by atoms with Gasteiger partial charge in [0.05, 0.1) is 10.9 Å². The van der Waals surface area contributed by atoms with Crippen LogP contribution in [0.1, 0.15) is 31.4 Å². The smallest absolute Gasteiger partial charge is 0.243 e. The fourth-order valence-electron chi connectivity index (χ4n) is 3.45. The van der Waals surface area contributed by atoms with Gasteiger partial charge in [-0.25, -0.2) is 8.42 Å². The van der Waals surface area contributed by atoms with E-state index in [1.807, 2.05) is 37.3 Å². The fourth-order valence-corrected chi connectivity index (χ4v) is 5.00. The number of hydrogen-bond acceptors (Lipinski definition) is 4. The molecule has 166 valence electrons. The monoisotopic (exact) mass is 463 g/mol. The molecule has 0 spiro atoms. The van der Waals surface area contributed by atoms with Crippen molar-refractivity contribution in [3.63, 3.8) is 0 Å². The molecule has 1 aliphatic rings. The number of rotatable bonds is 7. The van der Waals surface area contributed by atoms with E-state index in [4.69, 9.17) is 11.6 Å². The Morgan fingerprint density at radius 3 is 2.19 bits per heavy atom. The van der Waals surface area contributed by atoms with E-state index < -0.39 is 10.0 Å². The third-order valence-corrected chi connectivity index (χ3v) is 7.45. The second-order valence-corrected chi connectivity index (χ2v) is 9.81. The quantitative estimate of drug-likeness (QED) is 0.684. The van der Waals surface area contributed by atoms with E-state index in [0.717, 1.165) is 5.56 Å². The minimum absolute atomic E-state index is 0.0945. The molecule has 31 heavy (non-hydrogen) atoms. The molecule has 1 aliphatic heterocycles. The third kappa shape index (κ3) is 6.06. The van der Waals surface area contributed by atoms with Crippen LogP contribution in [0.25, 0.3) is 0 Å². The van der Waals surface area contributed by atoms with E-state index in [2.05, 4.69) is 5.32 Å². The Morgan fingerprint density at radius 2 is 1.58 bits per heavy atom. The van der Waals surface area contributed by atoms with Crippen LogP contribution in [0.15, 0.2) is 59.5 Å². The van der Waals surface area contributed by atoms with E-state index in [9.17, 15) is 18.0 Å². The van der Waals surface area contributed by atoms with Gasteiger partial charge in [0.15, 0.2) is 0 Å². The molecule has 0 saturated carbocycles. The van der Waals surface area contributed by atoms with E-state index >= 15 is 0 Å². The van der Waals surface area contributed by atoms with Crippen LogP contribution in [0.3, 0.4) is 0 Å². The largest absolute Gasteiger partial charge is 0.350 e. The molecule has 2 aromatic carbocycles. The molecule has 1 fully saturated rings. The van der Waals surface area contributed by atoms with Crippen molar-refractivity contribution >= 4 is 33.4 Å². The number of nitrogens with zero attached hydrogens (tertiary/aromatic N) is 2. The lowest BCUT2D eigenvalue weighted by Crippen LogP contribution is -2.50. The Hall–Kier alpha value is -2.42. The minimum Gasteiger partial charge on any atom is -0.350 e. The number of piperazine rings is 1. The van der Waals surface area contributed by atoms with Gasteiger partial charge in [-0.3, -0.25) is 9.59 Å². The Morgan fingerprint density at radius 1 is 0.968 bits per heavy atom. The maximum atomic E-state index is 12.7. The van der Waals surface area contributed by atoms with Crippen molar-refractivity contribution in [3.8, 4) is 0 Å². The average molecular weight is 464 g/mol. The molecule has 0 radical (unpaired) electrons. The van der Waals surface area contributed by atoms with Gasteiger partial charge in [-0.15, -0.1) is 0 Å². The first-order chi connectivity index (χ1) is 14.8. The third-order valence-electron chi connectivity index (χ3n) is 5.29. The van der Waals surface area contributed by atoms with Gasteiger partial charge in [0.1, 0.15) is 0 Å². The second-order valence-electron chi connectivity index (χ2n) is 7.44. The predicted octanol–water partition coefficient (Wildman–Crippen LogP) is 2.83. The van der Waals surface area contributed by atoms with Crippen LogP contribution in [0.2, 0.25) is 5.02 Å². The van der Waals surface area contributed by atoms with Gasteiger partial charge < -0.3 is 10.2 Å². The van der Waals surface area contributed by atoms with Gasteiger partial charge >= 0.3 is 0 Å². The van der Waals surface area contributed by atoms with Crippen molar-refractivity contribution in [1.29, 1.82) is 0 Å². The van der Waals surface area contributed by atoms with Crippen LogP contribution in [0.5, 0.6) is 0 Å². The topological polar surface area (TPSA) is 86.8 Å². The SMILES string of the molecule is C[C@H](NC(=O)CCC(=O)N1CCN(S(=O)(=O)c2ccc(Cl)cc2)CC1)c1ccccc1. The molecular weight excluding hydrogens is 438 g/mol. The molecule has 1 heterocycles. The summed E-state index contributed by atoms with van der Waals surface area (Å²) in [7, 11) is -3.62. The van der Waals surface area contributed by atoms with Crippen LogP contribution in [-0.4, -0.2) is 55.6 Å². The first kappa shape index (κ1) is 23.2. The molecule has 3 rings (SSSR count). The summed E-state index contributed by atoms with van der Waals surface area (Å²) in [6.45, 7) is 2.93. The summed E-state index contributed by atoms with van der Waals surface area (Å²) >= 11 is 5.83. The minimum atomic E-state index is -3.62. The highest BCUT2D eigenvalue weighted by Gasteiger charge is 2.30. The highest BCUT2D eigenvalue weighted by molar-refractivity contribution is 7.89. The zero-order chi connectivity index (χ0) is 22.4. The van der Waals surface area contributed by atoms with Crippen molar-refractivity contribution < 1.29 is 18.0 Å². The van der Waals surface area contributed by atoms with Crippen molar-refractivity contribution in [1.82, 2.24) is 14.5 Å². The van der Waals surface area contributed by atoms with Crippen molar-refractivity contribution in [3.05, 3.63) is 65.2 Å². The number of sulfonamides is 1. The standard InChI is InChI=1S/C22H26ClN3O4S/c1-17(18-5-3-2-4-6-18)24-21(27)11-12-22(28)25-13-15-26(16-14-25)31(29,30)20-9-7-19(23)8-10-20/h2-10,17H,11-16H2,1H3,(H,24,27)/t17-/m0/s1. The molecular formula is C22H26ClN3O4S. The van der Waals surface area contributed by atoms with Crippen molar-refractivity contribution in [2.45, 2.75) is 30.7 Å². The van der Waals surface area contributed by atoms with E-state index in [-0.39, 0.29) is 48.7 Å². The summed E-state index contributed by atoms with van der Waals surface area (Å²) in [5, 5.41) is 3.37. The molecule has 7 nitrogen and oxygen atoms in total. The van der Waals surface area contributed by atoms with Crippen LogP contribution >= 0.6 is 11.6 Å². The van der Waals surface area contributed by atoms with Crippen LogP contribution < -0.4 is 5.32 Å². The normalized spacial score (nSPS) is 16.0. The summed E-state index contributed by atoms with van der Waals surface area (Å²) in [6, 6.07) is 15.5. The Balaban J connectivity index is 1.45. The highest BCUT2D eigenvalue weighted by atomic mass is 35.5. The van der Waals surface area contributed by atoms with Crippen LogP contribution in [-0.2, 0) is 19.6 Å². The van der Waals surface area contributed by atoms with E-state index in [1.165, 1.54) is 28.6 Å². The van der Waals surface area contributed by atoms with Gasteiger partial charge in [0.25, 0.3) is 0 Å². The molecule has 0 aromatic heterocycles. The zero-order valence-electron chi connectivity index (χ0n) is 17.3. The number of benzene rings is 2.